The van der Waals surface area contributed by atoms with Gasteiger partial charge in [-0.3, -0.25) is 4.79 Å². The van der Waals surface area contributed by atoms with Gasteiger partial charge in [-0.15, -0.1) is 0 Å². The van der Waals surface area contributed by atoms with Crippen LogP contribution < -0.4 is 5.32 Å². The van der Waals surface area contributed by atoms with Gasteiger partial charge in [0.15, 0.2) is 5.69 Å². The van der Waals surface area contributed by atoms with E-state index in [1.165, 1.54) is 11.1 Å². The van der Waals surface area contributed by atoms with Gasteiger partial charge in [-0.05, 0) is 68.9 Å². The van der Waals surface area contributed by atoms with E-state index < -0.39 is 0 Å². The number of nitrogens with zero attached hydrogens (tertiary/aromatic N) is 2. The van der Waals surface area contributed by atoms with Gasteiger partial charge >= 0.3 is 0 Å². The molecule has 5 heteroatoms. The Morgan fingerprint density at radius 3 is 2.67 bits per heavy atom. The molecular formula is C19H25N3O2. The van der Waals surface area contributed by atoms with Crippen molar-refractivity contribution < 1.29 is 9.53 Å². The Bertz CT molecular complexity index is 710. The van der Waals surface area contributed by atoms with E-state index in [-0.39, 0.29) is 5.91 Å². The number of hydrogen-bond acceptors (Lipinski definition) is 3. The average molecular weight is 327 g/mol. The van der Waals surface area contributed by atoms with Gasteiger partial charge in [-0.1, -0.05) is 6.07 Å². The predicted octanol–water partition coefficient (Wildman–Crippen LogP) is 2.95. The van der Waals surface area contributed by atoms with Crippen LogP contribution in [0.1, 0.15) is 40.2 Å². The number of carbonyl (C=O) groups excluding carboxylic acids is 1. The van der Waals surface area contributed by atoms with Gasteiger partial charge < -0.3 is 10.1 Å². The fraction of sp³-hybridized carbons (Fsp3) is 0.474. The third kappa shape index (κ3) is 3.85. The van der Waals surface area contributed by atoms with Crippen molar-refractivity contribution >= 4 is 5.91 Å². The van der Waals surface area contributed by atoms with Gasteiger partial charge in [-0.2, -0.15) is 5.10 Å². The fourth-order valence-corrected chi connectivity index (χ4v) is 3.22. The molecule has 0 aliphatic carbocycles. The third-order valence-electron chi connectivity index (χ3n) is 4.38. The Labute approximate surface area is 143 Å². The van der Waals surface area contributed by atoms with Crippen molar-refractivity contribution in [3.63, 3.8) is 0 Å². The van der Waals surface area contributed by atoms with E-state index in [1.807, 2.05) is 17.7 Å². The number of benzene rings is 1. The molecule has 0 spiro atoms. The normalized spacial score (nSPS) is 17.7. The van der Waals surface area contributed by atoms with Crippen LogP contribution in [0.15, 0.2) is 24.3 Å². The molecule has 24 heavy (non-hydrogen) atoms. The van der Waals surface area contributed by atoms with Gasteiger partial charge in [0.1, 0.15) is 0 Å². The summed E-state index contributed by atoms with van der Waals surface area (Å²) < 4.78 is 7.28. The standard InChI is InChI=1S/C19H25N3O2/c1-13-7-14(2)9-17(8-13)22-15(3)10-18(21-22)19(23)20-11-16-5-4-6-24-12-16/h7-10,16H,4-6,11-12H2,1-3H3,(H,20,23). The molecule has 0 saturated carbocycles. The number of hydrogen-bond donors (Lipinski definition) is 1. The SMILES string of the molecule is Cc1cc(C)cc(-n2nc(C(=O)NCC3CCCOC3)cc2C)c1. The van der Waals surface area contributed by atoms with Crippen molar-refractivity contribution in [2.24, 2.45) is 5.92 Å². The molecule has 1 fully saturated rings. The van der Waals surface area contributed by atoms with Crippen molar-refractivity contribution in [3.05, 3.63) is 46.8 Å². The summed E-state index contributed by atoms with van der Waals surface area (Å²) >= 11 is 0. The maximum atomic E-state index is 12.4. The lowest BCUT2D eigenvalue weighted by Gasteiger charge is -2.21. The van der Waals surface area contributed by atoms with Crippen LogP contribution in [0.5, 0.6) is 0 Å². The second-order valence-corrected chi connectivity index (χ2v) is 6.72. The first kappa shape index (κ1) is 16.7. The molecule has 5 nitrogen and oxygen atoms in total. The molecule has 128 valence electrons. The number of aromatic nitrogens is 2. The van der Waals surface area contributed by atoms with E-state index in [4.69, 9.17) is 4.74 Å². The quantitative estimate of drug-likeness (QED) is 0.939. The summed E-state index contributed by atoms with van der Waals surface area (Å²) in [5.41, 5.74) is 4.77. The van der Waals surface area contributed by atoms with E-state index >= 15 is 0 Å². The van der Waals surface area contributed by atoms with Crippen LogP contribution in [-0.2, 0) is 4.74 Å². The zero-order valence-electron chi connectivity index (χ0n) is 14.6. The predicted molar refractivity (Wildman–Crippen MR) is 93.7 cm³/mol. The Hall–Kier alpha value is -2.14. The van der Waals surface area contributed by atoms with Crippen LogP contribution >= 0.6 is 0 Å². The van der Waals surface area contributed by atoms with Gasteiger partial charge in [0.25, 0.3) is 5.91 Å². The monoisotopic (exact) mass is 327 g/mol. The maximum absolute atomic E-state index is 12.4. The molecule has 0 radical (unpaired) electrons. The van der Waals surface area contributed by atoms with E-state index in [0.29, 0.717) is 18.2 Å². The molecule has 1 unspecified atom stereocenters. The van der Waals surface area contributed by atoms with E-state index in [0.717, 1.165) is 37.4 Å². The molecule has 1 saturated heterocycles. The molecule has 1 N–H and O–H groups in total. The largest absolute Gasteiger partial charge is 0.381 e. The second-order valence-electron chi connectivity index (χ2n) is 6.72. The Morgan fingerprint density at radius 2 is 2.00 bits per heavy atom. The average Bonchev–Trinajstić information content (AvgIpc) is 2.95. The molecule has 1 amide bonds. The topological polar surface area (TPSA) is 56.2 Å². The number of carbonyl (C=O) groups is 1. The number of nitrogens with one attached hydrogen (secondary N) is 1. The van der Waals surface area contributed by atoms with Crippen LogP contribution in [0.4, 0.5) is 0 Å². The van der Waals surface area contributed by atoms with Crippen LogP contribution in [0.25, 0.3) is 5.69 Å². The molecule has 0 bridgehead atoms. The smallest absolute Gasteiger partial charge is 0.271 e. The van der Waals surface area contributed by atoms with Crippen molar-refractivity contribution in [1.82, 2.24) is 15.1 Å². The number of ether oxygens (including phenoxy) is 1. The highest BCUT2D eigenvalue weighted by Crippen LogP contribution is 2.17. The zero-order valence-corrected chi connectivity index (χ0v) is 14.6. The van der Waals surface area contributed by atoms with E-state index in [1.54, 1.807) is 0 Å². The Kier molecular flexibility index (Phi) is 5.00. The summed E-state index contributed by atoms with van der Waals surface area (Å²) in [4.78, 5) is 12.4. The Morgan fingerprint density at radius 1 is 1.25 bits per heavy atom. The summed E-state index contributed by atoms with van der Waals surface area (Å²) in [5.74, 6) is 0.289. The molecule has 2 aromatic rings. The van der Waals surface area contributed by atoms with Crippen molar-refractivity contribution in [2.45, 2.75) is 33.6 Å². The van der Waals surface area contributed by atoms with Gasteiger partial charge in [0, 0.05) is 18.8 Å². The second kappa shape index (κ2) is 7.18. The molecule has 1 aromatic carbocycles. The van der Waals surface area contributed by atoms with Crippen molar-refractivity contribution in [2.75, 3.05) is 19.8 Å². The first-order valence-corrected chi connectivity index (χ1v) is 8.54. The number of amides is 1. The van der Waals surface area contributed by atoms with Crippen LogP contribution in [0, 0.1) is 26.7 Å². The van der Waals surface area contributed by atoms with E-state index in [2.05, 4.69) is 42.5 Å². The first-order valence-electron chi connectivity index (χ1n) is 8.54. The molecule has 3 rings (SSSR count). The summed E-state index contributed by atoms with van der Waals surface area (Å²) in [7, 11) is 0. The summed E-state index contributed by atoms with van der Waals surface area (Å²) in [6, 6.07) is 8.12. The van der Waals surface area contributed by atoms with Gasteiger partial charge in [0.05, 0.1) is 12.3 Å². The molecule has 1 atom stereocenters. The molecular weight excluding hydrogens is 302 g/mol. The lowest BCUT2D eigenvalue weighted by atomic mass is 10.0. The lowest BCUT2D eigenvalue weighted by Crippen LogP contribution is -2.33. The molecule has 1 aliphatic rings. The molecule has 1 aliphatic heterocycles. The summed E-state index contributed by atoms with van der Waals surface area (Å²) in [5, 5.41) is 7.49. The molecule has 1 aromatic heterocycles. The highest BCUT2D eigenvalue weighted by atomic mass is 16.5. The van der Waals surface area contributed by atoms with Gasteiger partial charge in [0.2, 0.25) is 0 Å². The van der Waals surface area contributed by atoms with Crippen LogP contribution in [0.2, 0.25) is 0 Å². The fourth-order valence-electron chi connectivity index (χ4n) is 3.22. The Balaban J connectivity index is 1.71. The van der Waals surface area contributed by atoms with Gasteiger partial charge in [-0.25, -0.2) is 4.68 Å². The van der Waals surface area contributed by atoms with E-state index in [9.17, 15) is 4.79 Å². The summed E-state index contributed by atoms with van der Waals surface area (Å²) in [6.07, 6.45) is 2.18. The first-order chi connectivity index (χ1) is 11.5. The highest BCUT2D eigenvalue weighted by Gasteiger charge is 2.17. The van der Waals surface area contributed by atoms with Crippen molar-refractivity contribution in [1.29, 1.82) is 0 Å². The minimum absolute atomic E-state index is 0.119. The van der Waals surface area contributed by atoms with Crippen LogP contribution in [-0.4, -0.2) is 35.4 Å². The summed E-state index contributed by atoms with van der Waals surface area (Å²) in [6.45, 7) is 8.31. The lowest BCUT2D eigenvalue weighted by molar-refractivity contribution is 0.0535. The number of aryl methyl sites for hydroxylation is 3. The van der Waals surface area contributed by atoms with Crippen molar-refractivity contribution in [3.8, 4) is 5.69 Å². The number of rotatable bonds is 4. The third-order valence-corrected chi connectivity index (χ3v) is 4.38. The highest BCUT2D eigenvalue weighted by molar-refractivity contribution is 5.92. The maximum Gasteiger partial charge on any atom is 0.271 e. The minimum atomic E-state index is -0.119. The van der Waals surface area contributed by atoms with Crippen LogP contribution in [0.3, 0.4) is 0 Å². The minimum Gasteiger partial charge on any atom is -0.381 e. The zero-order chi connectivity index (χ0) is 17.1. The molecule has 2 heterocycles.